The SMILES string of the molecule is O=C1C=CC(=O)N1Cc1ccc2oc(=O)oc2c1. The third-order valence-corrected chi connectivity index (χ3v) is 2.64. The van der Waals surface area contributed by atoms with Gasteiger partial charge in [0.1, 0.15) is 0 Å². The van der Waals surface area contributed by atoms with Crippen molar-refractivity contribution in [3.63, 3.8) is 0 Å². The van der Waals surface area contributed by atoms with Crippen molar-refractivity contribution in [3.05, 3.63) is 46.5 Å². The van der Waals surface area contributed by atoms with Gasteiger partial charge in [-0.3, -0.25) is 14.5 Å². The van der Waals surface area contributed by atoms with E-state index in [9.17, 15) is 14.4 Å². The van der Waals surface area contributed by atoms with Crippen LogP contribution in [0, 0.1) is 0 Å². The second-order valence-corrected chi connectivity index (χ2v) is 3.83. The van der Waals surface area contributed by atoms with E-state index >= 15 is 0 Å². The van der Waals surface area contributed by atoms with Crippen molar-refractivity contribution in [2.45, 2.75) is 6.54 Å². The highest BCUT2D eigenvalue weighted by atomic mass is 16.6. The van der Waals surface area contributed by atoms with E-state index in [0.29, 0.717) is 16.7 Å². The largest absolute Gasteiger partial charge is 0.519 e. The van der Waals surface area contributed by atoms with Gasteiger partial charge < -0.3 is 8.83 Å². The summed E-state index contributed by atoms with van der Waals surface area (Å²) in [6.45, 7) is 0.134. The number of carbonyl (C=O) groups excluding carboxylic acids is 2. The van der Waals surface area contributed by atoms with Crippen molar-refractivity contribution in [3.8, 4) is 0 Å². The molecule has 0 bridgehead atoms. The Morgan fingerprint density at radius 3 is 2.33 bits per heavy atom. The number of rotatable bonds is 2. The minimum Gasteiger partial charge on any atom is -0.391 e. The van der Waals surface area contributed by atoms with Gasteiger partial charge in [0, 0.05) is 12.2 Å². The molecule has 6 heteroatoms. The lowest BCUT2D eigenvalue weighted by molar-refractivity contribution is -0.137. The number of carbonyl (C=O) groups is 2. The van der Waals surface area contributed by atoms with Crippen LogP contribution in [0.25, 0.3) is 11.2 Å². The minimum atomic E-state index is -0.780. The third-order valence-electron chi connectivity index (χ3n) is 2.64. The lowest BCUT2D eigenvalue weighted by Crippen LogP contribution is -2.29. The van der Waals surface area contributed by atoms with E-state index in [4.69, 9.17) is 8.83 Å². The van der Waals surface area contributed by atoms with E-state index in [1.165, 1.54) is 12.2 Å². The summed E-state index contributed by atoms with van der Waals surface area (Å²) in [6, 6.07) is 4.80. The summed E-state index contributed by atoms with van der Waals surface area (Å²) in [5.41, 5.74) is 1.31. The molecule has 0 aliphatic carbocycles. The first-order valence-electron chi connectivity index (χ1n) is 5.19. The lowest BCUT2D eigenvalue weighted by atomic mass is 10.2. The Morgan fingerprint density at radius 1 is 0.944 bits per heavy atom. The van der Waals surface area contributed by atoms with Crippen molar-refractivity contribution < 1.29 is 18.4 Å². The Morgan fingerprint density at radius 2 is 1.61 bits per heavy atom. The van der Waals surface area contributed by atoms with Crippen molar-refractivity contribution in [2.24, 2.45) is 0 Å². The van der Waals surface area contributed by atoms with Gasteiger partial charge in [0.05, 0.1) is 6.54 Å². The van der Waals surface area contributed by atoms with Crippen LogP contribution in [0.15, 0.2) is 44.0 Å². The molecule has 90 valence electrons. The number of imide groups is 1. The van der Waals surface area contributed by atoms with Crippen LogP contribution in [0.1, 0.15) is 5.56 Å². The predicted molar refractivity (Wildman–Crippen MR) is 59.4 cm³/mol. The smallest absolute Gasteiger partial charge is 0.391 e. The third kappa shape index (κ3) is 1.64. The molecule has 1 aromatic heterocycles. The van der Waals surface area contributed by atoms with Crippen molar-refractivity contribution >= 4 is 23.0 Å². The van der Waals surface area contributed by atoms with Gasteiger partial charge in [-0.1, -0.05) is 6.07 Å². The monoisotopic (exact) mass is 245 g/mol. The molecule has 6 nitrogen and oxygen atoms in total. The zero-order valence-corrected chi connectivity index (χ0v) is 9.08. The molecule has 2 heterocycles. The number of hydrogen-bond donors (Lipinski definition) is 0. The van der Waals surface area contributed by atoms with Crippen molar-refractivity contribution in [1.29, 1.82) is 0 Å². The second kappa shape index (κ2) is 3.69. The fraction of sp³-hybridized carbons (Fsp3) is 0.0833. The van der Waals surface area contributed by atoms with E-state index in [2.05, 4.69) is 0 Å². The molecule has 0 saturated carbocycles. The summed E-state index contributed by atoms with van der Waals surface area (Å²) in [5, 5.41) is 0. The molecule has 1 aliphatic rings. The highest BCUT2D eigenvalue weighted by Crippen LogP contribution is 2.17. The van der Waals surface area contributed by atoms with Gasteiger partial charge in [0.25, 0.3) is 11.8 Å². The van der Waals surface area contributed by atoms with Gasteiger partial charge in [-0.25, -0.2) is 4.79 Å². The van der Waals surface area contributed by atoms with Crippen LogP contribution in [0.5, 0.6) is 0 Å². The first-order chi connectivity index (χ1) is 8.63. The molecule has 0 N–H and O–H groups in total. The predicted octanol–water partition coefficient (Wildman–Crippen LogP) is 0.811. The molecule has 0 saturated heterocycles. The van der Waals surface area contributed by atoms with Crippen LogP contribution in [-0.2, 0) is 16.1 Å². The van der Waals surface area contributed by atoms with Crippen LogP contribution < -0.4 is 5.82 Å². The van der Waals surface area contributed by atoms with Crippen LogP contribution in [0.2, 0.25) is 0 Å². The number of benzene rings is 1. The highest BCUT2D eigenvalue weighted by molar-refractivity contribution is 6.12. The number of amides is 2. The summed E-state index contributed by atoms with van der Waals surface area (Å²) < 4.78 is 9.55. The highest BCUT2D eigenvalue weighted by Gasteiger charge is 2.23. The fourth-order valence-corrected chi connectivity index (χ4v) is 1.78. The topological polar surface area (TPSA) is 80.7 Å². The average molecular weight is 245 g/mol. The van der Waals surface area contributed by atoms with Gasteiger partial charge in [0.2, 0.25) is 0 Å². The summed E-state index contributed by atoms with van der Waals surface area (Å²) in [6.07, 6.45) is 2.44. The molecular formula is C12H7NO5. The zero-order chi connectivity index (χ0) is 12.7. The Kier molecular flexibility index (Phi) is 2.16. The van der Waals surface area contributed by atoms with E-state index in [1.54, 1.807) is 18.2 Å². The molecule has 0 spiro atoms. The normalized spacial score (nSPS) is 15.0. The van der Waals surface area contributed by atoms with Crippen molar-refractivity contribution in [2.75, 3.05) is 0 Å². The number of fused-ring (bicyclic) bond motifs is 1. The summed E-state index contributed by atoms with van der Waals surface area (Å²) in [7, 11) is 0. The van der Waals surface area contributed by atoms with Crippen LogP contribution in [0.3, 0.4) is 0 Å². The van der Waals surface area contributed by atoms with Crippen LogP contribution >= 0.6 is 0 Å². The molecule has 0 fully saturated rings. The van der Waals surface area contributed by atoms with Gasteiger partial charge in [-0.05, 0) is 17.7 Å². The maximum Gasteiger partial charge on any atom is 0.519 e. The molecule has 3 rings (SSSR count). The number of nitrogens with zero attached hydrogens (tertiary/aromatic N) is 1. The van der Waals surface area contributed by atoms with E-state index in [-0.39, 0.29) is 18.4 Å². The van der Waals surface area contributed by atoms with E-state index < -0.39 is 5.82 Å². The first-order valence-corrected chi connectivity index (χ1v) is 5.19. The molecular weight excluding hydrogens is 238 g/mol. The number of hydrogen-bond acceptors (Lipinski definition) is 5. The summed E-state index contributed by atoms with van der Waals surface area (Å²) in [4.78, 5) is 34.7. The van der Waals surface area contributed by atoms with Crippen LogP contribution in [0.4, 0.5) is 0 Å². The Labute approximate surface area is 100 Å². The molecule has 0 radical (unpaired) electrons. The Balaban J connectivity index is 1.93. The minimum absolute atomic E-state index is 0.134. The quantitative estimate of drug-likeness (QED) is 0.731. The Bertz CT molecular complexity index is 718. The average Bonchev–Trinajstić information content (AvgIpc) is 2.84. The van der Waals surface area contributed by atoms with E-state index in [0.717, 1.165) is 4.90 Å². The van der Waals surface area contributed by atoms with Crippen LogP contribution in [-0.4, -0.2) is 16.7 Å². The molecule has 2 amide bonds. The van der Waals surface area contributed by atoms with Gasteiger partial charge >= 0.3 is 5.82 Å². The molecule has 2 aromatic rings. The standard InChI is InChI=1S/C12H7NO5/c14-10-3-4-11(15)13(10)6-7-1-2-8-9(5-7)18-12(16)17-8/h1-5H,6H2. The molecule has 1 aliphatic heterocycles. The zero-order valence-electron chi connectivity index (χ0n) is 9.08. The second-order valence-electron chi connectivity index (χ2n) is 3.83. The fourth-order valence-electron chi connectivity index (χ4n) is 1.78. The van der Waals surface area contributed by atoms with Gasteiger partial charge in [-0.2, -0.15) is 0 Å². The first kappa shape index (κ1) is 10.5. The maximum absolute atomic E-state index is 11.4. The molecule has 0 atom stereocenters. The molecule has 1 aromatic carbocycles. The van der Waals surface area contributed by atoms with Gasteiger partial charge in [-0.15, -0.1) is 0 Å². The van der Waals surface area contributed by atoms with E-state index in [1.807, 2.05) is 0 Å². The maximum atomic E-state index is 11.4. The Hall–Kier alpha value is -2.63. The molecule has 18 heavy (non-hydrogen) atoms. The van der Waals surface area contributed by atoms with Crippen molar-refractivity contribution in [1.82, 2.24) is 4.90 Å². The lowest BCUT2D eigenvalue weighted by Gasteiger charge is -2.13. The van der Waals surface area contributed by atoms with Gasteiger partial charge in [0.15, 0.2) is 11.2 Å². The molecule has 0 unspecified atom stereocenters. The summed E-state index contributed by atoms with van der Waals surface area (Å²) in [5.74, 6) is -1.49. The summed E-state index contributed by atoms with van der Waals surface area (Å²) >= 11 is 0.